The van der Waals surface area contributed by atoms with Gasteiger partial charge in [0.25, 0.3) is 0 Å². The fourth-order valence-electron chi connectivity index (χ4n) is 1.86. The Morgan fingerprint density at radius 2 is 1.09 bits per heavy atom. The molecular formula is C14H7Br4NO4. The standard InChI is InChI=1S/C14H7Br4NO4/c15-5-1-7(13(20)21)11(9(17)3-5)19-12-8(14(22)23)2-6(16)4-10(12)18/h1-4,19H,(H,20,21)(H,22,23). The van der Waals surface area contributed by atoms with Crippen LogP contribution in [-0.2, 0) is 0 Å². The van der Waals surface area contributed by atoms with Crippen molar-refractivity contribution in [3.8, 4) is 0 Å². The van der Waals surface area contributed by atoms with Crippen LogP contribution in [0.5, 0.6) is 0 Å². The van der Waals surface area contributed by atoms with Gasteiger partial charge in [0.15, 0.2) is 0 Å². The fraction of sp³-hybridized carbons (Fsp3) is 0. The van der Waals surface area contributed by atoms with Gasteiger partial charge in [0.1, 0.15) is 0 Å². The third-order valence-electron chi connectivity index (χ3n) is 2.82. The minimum atomic E-state index is -1.14. The van der Waals surface area contributed by atoms with Crippen LogP contribution in [0, 0.1) is 0 Å². The lowest BCUT2D eigenvalue weighted by atomic mass is 10.1. The van der Waals surface area contributed by atoms with Gasteiger partial charge in [0.2, 0.25) is 0 Å². The zero-order valence-corrected chi connectivity index (χ0v) is 17.4. The van der Waals surface area contributed by atoms with E-state index in [-0.39, 0.29) is 22.5 Å². The Bertz CT molecular complexity index is 755. The monoisotopic (exact) mass is 569 g/mol. The first-order valence-corrected chi connectivity index (χ1v) is 9.09. The molecule has 3 N–H and O–H groups in total. The maximum absolute atomic E-state index is 11.5. The van der Waals surface area contributed by atoms with Crippen molar-refractivity contribution in [2.24, 2.45) is 0 Å². The van der Waals surface area contributed by atoms with E-state index in [1.165, 1.54) is 12.1 Å². The molecule has 0 bridgehead atoms. The molecular weight excluding hydrogens is 566 g/mol. The van der Waals surface area contributed by atoms with E-state index in [1.807, 2.05) is 0 Å². The summed E-state index contributed by atoms with van der Waals surface area (Å²) in [5, 5.41) is 21.6. The molecule has 23 heavy (non-hydrogen) atoms. The Morgan fingerprint density at radius 1 is 0.739 bits per heavy atom. The van der Waals surface area contributed by atoms with Crippen LogP contribution in [0.2, 0.25) is 0 Å². The van der Waals surface area contributed by atoms with Crippen molar-refractivity contribution in [3.05, 3.63) is 53.3 Å². The quantitative estimate of drug-likeness (QED) is 0.426. The van der Waals surface area contributed by atoms with Gasteiger partial charge in [0, 0.05) is 17.9 Å². The van der Waals surface area contributed by atoms with Crippen LogP contribution >= 0.6 is 63.7 Å². The third-order valence-corrected chi connectivity index (χ3v) is 4.99. The fourth-order valence-corrected chi connectivity index (χ4v) is 4.51. The molecule has 9 heteroatoms. The van der Waals surface area contributed by atoms with E-state index in [9.17, 15) is 19.8 Å². The zero-order chi connectivity index (χ0) is 17.3. The summed E-state index contributed by atoms with van der Waals surface area (Å²) < 4.78 is 2.13. The highest BCUT2D eigenvalue weighted by Gasteiger charge is 2.20. The van der Waals surface area contributed by atoms with Crippen molar-refractivity contribution in [2.45, 2.75) is 0 Å². The lowest BCUT2D eigenvalue weighted by molar-refractivity contribution is 0.0688. The molecule has 0 fully saturated rings. The molecule has 0 heterocycles. The number of benzene rings is 2. The first-order valence-electron chi connectivity index (χ1n) is 5.92. The van der Waals surface area contributed by atoms with Crippen molar-refractivity contribution in [1.29, 1.82) is 0 Å². The molecule has 0 saturated carbocycles. The Kier molecular flexibility index (Phi) is 5.88. The number of hydrogen-bond acceptors (Lipinski definition) is 3. The van der Waals surface area contributed by atoms with Gasteiger partial charge in [-0.1, -0.05) is 31.9 Å². The number of aromatic carboxylic acids is 2. The molecule has 0 radical (unpaired) electrons. The minimum Gasteiger partial charge on any atom is -0.478 e. The maximum atomic E-state index is 11.5. The predicted octanol–water partition coefficient (Wildman–Crippen LogP) is 5.88. The molecule has 0 amide bonds. The highest BCUT2D eigenvalue weighted by atomic mass is 79.9. The largest absolute Gasteiger partial charge is 0.478 e. The van der Waals surface area contributed by atoms with Crippen molar-refractivity contribution in [3.63, 3.8) is 0 Å². The topological polar surface area (TPSA) is 86.6 Å². The second-order valence-corrected chi connectivity index (χ2v) is 7.90. The highest BCUT2D eigenvalue weighted by molar-refractivity contribution is 9.11. The van der Waals surface area contributed by atoms with E-state index in [0.717, 1.165) is 0 Å². The van der Waals surface area contributed by atoms with Gasteiger partial charge in [-0.25, -0.2) is 9.59 Å². The van der Waals surface area contributed by atoms with E-state index >= 15 is 0 Å². The van der Waals surface area contributed by atoms with Crippen LogP contribution in [0.25, 0.3) is 0 Å². The maximum Gasteiger partial charge on any atom is 0.337 e. The molecule has 0 aromatic heterocycles. The zero-order valence-electron chi connectivity index (χ0n) is 11.0. The number of carboxylic acids is 2. The van der Waals surface area contributed by atoms with Crippen LogP contribution in [-0.4, -0.2) is 22.2 Å². The molecule has 0 saturated heterocycles. The van der Waals surface area contributed by atoms with Gasteiger partial charge in [-0.2, -0.15) is 0 Å². The van der Waals surface area contributed by atoms with Crippen molar-refractivity contribution < 1.29 is 19.8 Å². The van der Waals surface area contributed by atoms with Gasteiger partial charge in [0.05, 0.1) is 22.5 Å². The van der Waals surface area contributed by atoms with E-state index < -0.39 is 11.9 Å². The van der Waals surface area contributed by atoms with E-state index in [1.54, 1.807) is 12.1 Å². The van der Waals surface area contributed by atoms with Crippen molar-refractivity contribution in [2.75, 3.05) is 5.32 Å². The first-order chi connectivity index (χ1) is 10.7. The Labute approximate surface area is 164 Å². The smallest absolute Gasteiger partial charge is 0.337 e. The number of carboxylic acid groups (broad SMARTS) is 2. The summed E-state index contributed by atoms with van der Waals surface area (Å²) in [7, 11) is 0. The van der Waals surface area contributed by atoms with Crippen LogP contribution in [0.3, 0.4) is 0 Å². The molecule has 0 atom stereocenters. The van der Waals surface area contributed by atoms with Gasteiger partial charge in [-0.3, -0.25) is 0 Å². The molecule has 0 aliphatic carbocycles. The second kappa shape index (κ2) is 7.33. The second-order valence-electron chi connectivity index (χ2n) is 4.36. The van der Waals surface area contributed by atoms with Crippen LogP contribution < -0.4 is 5.32 Å². The first kappa shape index (κ1) is 18.4. The average molecular weight is 573 g/mol. The molecule has 0 unspecified atom stereocenters. The molecule has 0 aliphatic rings. The number of carbonyl (C=O) groups is 2. The number of anilines is 2. The Hall–Kier alpha value is -0.900. The summed E-state index contributed by atoms with van der Waals surface area (Å²) >= 11 is 13.1. The summed E-state index contributed by atoms with van der Waals surface area (Å²) in [5.74, 6) is -2.28. The molecule has 5 nitrogen and oxygen atoms in total. The van der Waals surface area contributed by atoms with Crippen molar-refractivity contribution in [1.82, 2.24) is 0 Å². The number of hydrogen-bond donors (Lipinski definition) is 3. The van der Waals surface area contributed by atoms with Crippen LogP contribution in [0.1, 0.15) is 20.7 Å². The third kappa shape index (κ3) is 4.14. The summed E-state index contributed by atoms with van der Waals surface area (Å²) in [6.45, 7) is 0. The average Bonchev–Trinajstić information content (AvgIpc) is 2.42. The summed E-state index contributed by atoms with van der Waals surface area (Å²) in [5.41, 5.74) is 0.507. The van der Waals surface area contributed by atoms with Gasteiger partial charge >= 0.3 is 11.9 Å². The predicted molar refractivity (Wildman–Crippen MR) is 101 cm³/mol. The van der Waals surface area contributed by atoms with E-state index in [0.29, 0.717) is 17.9 Å². The molecule has 2 aromatic rings. The molecule has 2 aromatic carbocycles. The minimum absolute atomic E-state index is 0.00240. The molecule has 0 spiro atoms. The van der Waals surface area contributed by atoms with Gasteiger partial charge in [-0.15, -0.1) is 0 Å². The number of rotatable bonds is 4. The Morgan fingerprint density at radius 3 is 1.39 bits per heavy atom. The normalized spacial score (nSPS) is 10.4. The van der Waals surface area contributed by atoms with Gasteiger partial charge in [-0.05, 0) is 56.1 Å². The van der Waals surface area contributed by atoms with Crippen molar-refractivity contribution >= 4 is 87.0 Å². The Balaban J connectivity index is 2.65. The molecule has 0 aliphatic heterocycles. The van der Waals surface area contributed by atoms with Crippen LogP contribution in [0.15, 0.2) is 42.2 Å². The SMILES string of the molecule is O=C(O)c1cc(Br)cc(Br)c1Nc1c(Br)cc(Br)cc1C(=O)O. The van der Waals surface area contributed by atoms with Crippen LogP contribution in [0.4, 0.5) is 11.4 Å². The number of nitrogens with one attached hydrogen (secondary N) is 1. The molecule has 120 valence electrons. The highest BCUT2D eigenvalue weighted by Crippen LogP contribution is 2.38. The summed E-state index contributed by atoms with van der Waals surface area (Å²) in [4.78, 5) is 22.9. The summed E-state index contributed by atoms with van der Waals surface area (Å²) in [6, 6.07) is 6.20. The van der Waals surface area contributed by atoms with E-state index in [2.05, 4.69) is 69.0 Å². The molecule has 2 rings (SSSR count). The number of halogens is 4. The van der Waals surface area contributed by atoms with E-state index in [4.69, 9.17) is 0 Å². The van der Waals surface area contributed by atoms with Gasteiger partial charge < -0.3 is 15.5 Å². The summed E-state index contributed by atoms with van der Waals surface area (Å²) in [6.07, 6.45) is 0. The lowest BCUT2D eigenvalue weighted by Gasteiger charge is -2.16. The lowest BCUT2D eigenvalue weighted by Crippen LogP contribution is -2.08.